The molecule has 0 saturated carbocycles. The van der Waals surface area contributed by atoms with Crippen molar-refractivity contribution >= 4 is 17.5 Å². The van der Waals surface area contributed by atoms with Crippen LogP contribution in [0.2, 0.25) is 0 Å². The molecule has 0 aromatic heterocycles. The maximum Gasteiger partial charge on any atom is 0.227 e. The Morgan fingerprint density at radius 1 is 1.23 bits per heavy atom. The second kappa shape index (κ2) is 8.04. The van der Waals surface area contributed by atoms with Gasteiger partial charge in [-0.05, 0) is 37.5 Å². The molecule has 0 radical (unpaired) electrons. The Morgan fingerprint density at radius 3 is 2.77 bits per heavy atom. The number of ether oxygens (including phenoxy) is 1. The molecule has 1 heterocycles. The van der Waals surface area contributed by atoms with Crippen LogP contribution in [0.5, 0.6) is 5.75 Å². The molecule has 0 unspecified atom stereocenters. The Morgan fingerprint density at radius 2 is 1.96 bits per heavy atom. The number of benzene rings is 2. The number of para-hydroxylation sites is 2. The molecule has 1 aliphatic heterocycles. The van der Waals surface area contributed by atoms with Gasteiger partial charge in [0.1, 0.15) is 5.75 Å². The first-order chi connectivity index (χ1) is 12.6. The molecule has 2 aromatic rings. The predicted octanol–water partition coefficient (Wildman–Crippen LogP) is 3.46. The molecule has 5 nitrogen and oxygen atoms in total. The summed E-state index contributed by atoms with van der Waals surface area (Å²) in [4.78, 5) is 24.6. The number of nitrogens with one attached hydrogen (secondary N) is 2. The molecule has 26 heavy (non-hydrogen) atoms. The summed E-state index contributed by atoms with van der Waals surface area (Å²) in [5.41, 5.74) is 2.94. The van der Waals surface area contributed by atoms with E-state index in [4.69, 9.17) is 4.74 Å². The summed E-state index contributed by atoms with van der Waals surface area (Å²) in [6.45, 7) is 1.93. The number of hydrogen-bond donors (Lipinski definition) is 2. The first-order valence-electron chi connectivity index (χ1n) is 8.89. The molecule has 5 heteroatoms. The number of methoxy groups -OCH3 is 1. The Balaban J connectivity index is 1.55. The lowest BCUT2D eigenvalue weighted by atomic mass is 9.89. The van der Waals surface area contributed by atoms with Crippen LogP contribution >= 0.6 is 0 Å². The average molecular weight is 352 g/mol. The van der Waals surface area contributed by atoms with E-state index in [1.165, 1.54) is 0 Å². The van der Waals surface area contributed by atoms with Crippen LogP contribution in [-0.4, -0.2) is 18.9 Å². The smallest absolute Gasteiger partial charge is 0.227 e. The van der Waals surface area contributed by atoms with Crippen LogP contribution in [0.25, 0.3) is 0 Å². The molecule has 2 aromatic carbocycles. The summed E-state index contributed by atoms with van der Waals surface area (Å²) in [6.07, 6.45) is 1.53. The second-order valence-electron chi connectivity index (χ2n) is 6.62. The Bertz CT molecular complexity index is 803. The fraction of sp³-hybridized carbons (Fsp3) is 0.333. The molecule has 0 aliphatic carbocycles. The summed E-state index contributed by atoms with van der Waals surface area (Å²) >= 11 is 0. The zero-order valence-corrected chi connectivity index (χ0v) is 15.1. The first-order valence-corrected chi connectivity index (χ1v) is 8.89. The maximum absolute atomic E-state index is 12.3. The zero-order chi connectivity index (χ0) is 18.5. The van der Waals surface area contributed by atoms with Gasteiger partial charge in [0, 0.05) is 23.6 Å². The molecular formula is C21H24N2O3. The van der Waals surface area contributed by atoms with Crippen LogP contribution in [0.3, 0.4) is 0 Å². The topological polar surface area (TPSA) is 67.4 Å². The normalized spacial score (nSPS) is 17.0. The van der Waals surface area contributed by atoms with E-state index in [-0.39, 0.29) is 23.8 Å². The Kier molecular flexibility index (Phi) is 5.56. The fourth-order valence-corrected chi connectivity index (χ4v) is 3.37. The van der Waals surface area contributed by atoms with Crippen molar-refractivity contribution in [1.29, 1.82) is 0 Å². The van der Waals surface area contributed by atoms with Crippen LogP contribution in [0, 0.1) is 5.92 Å². The van der Waals surface area contributed by atoms with Crippen molar-refractivity contribution in [2.24, 2.45) is 5.92 Å². The molecule has 3 rings (SSSR count). The number of carbonyl (C=O) groups excluding carboxylic acids is 2. The lowest BCUT2D eigenvalue weighted by molar-refractivity contribution is -0.123. The van der Waals surface area contributed by atoms with E-state index in [1.807, 2.05) is 55.5 Å². The third-order valence-electron chi connectivity index (χ3n) is 4.82. The van der Waals surface area contributed by atoms with E-state index in [0.29, 0.717) is 19.3 Å². The number of hydrogen-bond acceptors (Lipinski definition) is 3. The van der Waals surface area contributed by atoms with Gasteiger partial charge < -0.3 is 15.4 Å². The molecule has 0 bridgehead atoms. The van der Waals surface area contributed by atoms with Gasteiger partial charge in [-0.2, -0.15) is 0 Å². The molecule has 0 fully saturated rings. The van der Waals surface area contributed by atoms with E-state index in [1.54, 1.807) is 7.11 Å². The molecule has 2 N–H and O–H groups in total. The van der Waals surface area contributed by atoms with Gasteiger partial charge in [0.05, 0.1) is 13.2 Å². The standard InChI is InChI=1S/C21H24N2O3/c1-14(17-8-4-6-10-19(17)26-2)22-20(24)12-11-16-13-15-7-3-5-9-18(15)23-21(16)25/h3-10,14,16H,11-13H2,1-2H3,(H,22,24)(H,23,25)/t14-,16+/m1/s1. The summed E-state index contributed by atoms with van der Waals surface area (Å²) in [5, 5.41) is 5.92. The summed E-state index contributed by atoms with van der Waals surface area (Å²) in [7, 11) is 1.62. The highest BCUT2D eigenvalue weighted by Crippen LogP contribution is 2.28. The number of fused-ring (bicyclic) bond motifs is 1. The van der Waals surface area contributed by atoms with Crippen LogP contribution in [0.1, 0.15) is 36.9 Å². The largest absolute Gasteiger partial charge is 0.496 e. The molecule has 0 saturated heterocycles. The molecule has 2 atom stereocenters. The summed E-state index contributed by atoms with van der Waals surface area (Å²) in [5.74, 6) is 0.519. The van der Waals surface area contributed by atoms with Crippen molar-refractivity contribution in [1.82, 2.24) is 5.32 Å². The van der Waals surface area contributed by atoms with Gasteiger partial charge in [0.25, 0.3) is 0 Å². The van der Waals surface area contributed by atoms with E-state index in [9.17, 15) is 9.59 Å². The van der Waals surface area contributed by atoms with Crippen molar-refractivity contribution in [3.63, 3.8) is 0 Å². The minimum Gasteiger partial charge on any atom is -0.496 e. The monoisotopic (exact) mass is 352 g/mol. The fourth-order valence-electron chi connectivity index (χ4n) is 3.37. The molecule has 2 amide bonds. The highest BCUT2D eigenvalue weighted by Gasteiger charge is 2.26. The minimum atomic E-state index is -0.169. The highest BCUT2D eigenvalue weighted by molar-refractivity contribution is 5.96. The van der Waals surface area contributed by atoms with Crippen LogP contribution in [0.4, 0.5) is 5.69 Å². The van der Waals surface area contributed by atoms with Crippen molar-refractivity contribution in [2.75, 3.05) is 12.4 Å². The first kappa shape index (κ1) is 18.0. The lowest BCUT2D eigenvalue weighted by Gasteiger charge is -2.24. The maximum atomic E-state index is 12.3. The van der Waals surface area contributed by atoms with Gasteiger partial charge in [0.2, 0.25) is 11.8 Å². The molecule has 1 aliphatic rings. The third-order valence-corrected chi connectivity index (χ3v) is 4.82. The molecule has 136 valence electrons. The molecule has 0 spiro atoms. The van der Waals surface area contributed by atoms with E-state index in [2.05, 4.69) is 10.6 Å². The summed E-state index contributed by atoms with van der Waals surface area (Å²) < 4.78 is 5.35. The van der Waals surface area contributed by atoms with Gasteiger partial charge in [-0.25, -0.2) is 0 Å². The second-order valence-corrected chi connectivity index (χ2v) is 6.62. The number of carbonyl (C=O) groups is 2. The van der Waals surface area contributed by atoms with Gasteiger partial charge >= 0.3 is 0 Å². The summed E-state index contributed by atoms with van der Waals surface area (Å²) in [6, 6.07) is 15.3. The van der Waals surface area contributed by atoms with E-state index < -0.39 is 0 Å². The quantitative estimate of drug-likeness (QED) is 0.836. The van der Waals surface area contributed by atoms with E-state index >= 15 is 0 Å². The Hall–Kier alpha value is -2.82. The lowest BCUT2D eigenvalue weighted by Crippen LogP contribution is -2.32. The number of anilines is 1. The van der Waals surface area contributed by atoms with Crippen LogP contribution in [-0.2, 0) is 16.0 Å². The third kappa shape index (κ3) is 4.04. The zero-order valence-electron chi connectivity index (χ0n) is 15.1. The SMILES string of the molecule is COc1ccccc1[C@@H](C)NC(=O)CC[C@H]1Cc2ccccc2NC1=O. The Labute approximate surface area is 153 Å². The van der Waals surface area contributed by atoms with E-state index in [0.717, 1.165) is 22.6 Å². The number of rotatable bonds is 6. The van der Waals surface area contributed by atoms with Crippen LogP contribution < -0.4 is 15.4 Å². The van der Waals surface area contributed by atoms with Crippen molar-refractivity contribution in [2.45, 2.75) is 32.2 Å². The number of amides is 2. The average Bonchev–Trinajstić information content (AvgIpc) is 2.66. The van der Waals surface area contributed by atoms with Gasteiger partial charge in [0.15, 0.2) is 0 Å². The highest BCUT2D eigenvalue weighted by atomic mass is 16.5. The van der Waals surface area contributed by atoms with Crippen molar-refractivity contribution < 1.29 is 14.3 Å². The van der Waals surface area contributed by atoms with Gasteiger partial charge in [-0.15, -0.1) is 0 Å². The molecular weight excluding hydrogens is 328 g/mol. The van der Waals surface area contributed by atoms with Crippen LogP contribution in [0.15, 0.2) is 48.5 Å². The van der Waals surface area contributed by atoms with Crippen molar-refractivity contribution in [3.05, 3.63) is 59.7 Å². The van der Waals surface area contributed by atoms with Crippen molar-refractivity contribution in [3.8, 4) is 5.75 Å². The predicted molar refractivity (Wildman–Crippen MR) is 101 cm³/mol. The van der Waals surface area contributed by atoms with Gasteiger partial charge in [-0.3, -0.25) is 9.59 Å². The van der Waals surface area contributed by atoms with Gasteiger partial charge in [-0.1, -0.05) is 36.4 Å². The minimum absolute atomic E-state index is 0.00530.